The van der Waals surface area contributed by atoms with Gasteiger partial charge in [-0.15, -0.1) is 12.4 Å². The van der Waals surface area contributed by atoms with Crippen LogP contribution in [0.15, 0.2) is 42.5 Å². The Balaban J connectivity index is 0.00000264. The molecule has 0 fully saturated rings. The Morgan fingerprint density at radius 3 is 2.30 bits per heavy atom. The lowest BCUT2D eigenvalue weighted by atomic mass is 10.2. The summed E-state index contributed by atoms with van der Waals surface area (Å²) in [6.07, 6.45) is 0. The van der Waals surface area contributed by atoms with Gasteiger partial charge < -0.3 is 15.0 Å². The van der Waals surface area contributed by atoms with Crippen LogP contribution in [0.3, 0.4) is 0 Å². The van der Waals surface area contributed by atoms with Crippen LogP contribution in [-0.2, 0) is 4.79 Å². The number of anilines is 1. The normalized spacial score (nSPS) is 10.1. The second kappa shape index (κ2) is 8.99. The van der Waals surface area contributed by atoms with Gasteiger partial charge in [-0.05, 0) is 56.6 Å². The van der Waals surface area contributed by atoms with Crippen LogP contribution in [0.1, 0.15) is 0 Å². The third-order valence-corrected chi connectivity index (χ3v) is 3.20. The number of benzene rings is 2. The second-order valence-electron chi connectivity index (χ2n) is 4.98. The first-order chi connectivity index (χ1) is 10.4. The quantitative estimate of drug-likeness (QED) is 0.823. The molecule has 0 saturated heterocycles. The van der Waals surface area contributed by atoms with Crippen molar-refractivity contribution in [1.82, 2.24) is 4.90 Å². The number of nitrogens with zero attached hydrogens (tertiary/aromatic N) is 1. The van der Waals surface area contributed by atoms with Gasteiger partial charge in [0, 0.05) is 10.0 Å². The van der Waals surface area contributed by atoms with Crippen LogP contribution < -0.4 is 10.1 Å². The zero-order chi connectivity index (χ0) is 16.1. The van der Waals surface area contributed by atoms with Crippen molar-refractivity contribution in [2.75, 3.05) is 26.0 Å². The van der Waals surface area contributed by atoms with Crippen LogP contribution in [-0.4, -0.2) is 31.4 Å². The molecule has 2 aromatic carbocycles. The number of nitrogens with one attached hydrogen (secondary N) is 1. The standard InChI is InChI=1S/C16H16Cl2N2O2.ClH/c1-20(2)10-16(21)19-14-9-12(18)5-8-15(14)22-13-6-3-11(17)4-7-13;/h3-9H,10H2,1-2H3,(H,19,21);1H. The number of amides is 1. The first-order valence-corrected chi connectivity index (χ1v) is 7.37. The summed E-state index contributed by atoms with van der Waals surface area (Å²) in [6.45, 7) is 0.271. The van der Waals surface area contributed by atoms with Crippen LogP contribution in [0.2, 0.25) is 10.0 Å². The molecule has 1 amide bonds. The highest BCUT2D eigenvalue weighted by atomic mass is 35.5. The molecule has 2 aromatic rings. The SMILES string of the molecule is CN(C)CC(=O)Nc1cc(Cl)ccc1Oc1ccc(Cl)cc1.Cl. The van der Waals surface area contributed by atoms with Gasteiger partial charge in [-0.25, -0.2) is 0 Å². The lowest BCUT2D eigenvalue weighted by molar-refractivity contribution is -0.116. The van der Waals surface area contributed by atoms with Gasteiger partial charge >= 0.3 is 0 Å². The van der Waals surface area contributed by atoms with E-state index in [-0.39, 0.29) is 24.9 Å². The topological polar surface area (TPSA) is 41.6 Å². The van der Waals surface area contributed by atoms with Crippen molar-refractivity contribution in [2.24, 2.45) is 0 Å². The maximum absolute atomic E-state index is 11.9. The second-order valence-corrected chi connectivity index (χ2v) is 5.86. The van der Waals surface area contributed by atoms with E-state index < -0.39 is 0 Å². The number of halogens is 3. The van der Waals surface area contributed by atoms with Crippen LogP contribution in [0, 0.1) is 0 Å². The highest BCUT2D eigenvalue weighted by molar-refractivity contribution is 6.31. The monoisotopic (exact) mass is 374 g/mol. The minimum atomic E-state index is -0.145. The van der Waals surface area contributed by atoms with Gasteiger partial charge in [-0.3, -0.25) is 4.79 Å². The van der Waals surface area contributed by atoms with Crippen LogP contribution in [0.4, 0.5) is 5.69 Å². The van der Waals surface area contributed by atoms with Crippen molar-refractivity contribution >= 4 is 47.2 Å². The molecule has 0 atom stereocenters. The van der Waals surface area contributed by atoms with Crippen LogP contribution in [0.25, 0.3) is 0 Å². The smallest absolute Gasteiger partial charge is 0.238 e. The van der Waals surface area contributed by atoms with E-state index >= 15 is 0 Å². The Hall–Kier alpha value is -1.46. The van der Waals surface area contributed by atoms with Crippen LogP contribution in [0.5, 0.6) is 11.5 Å². The fourth-order valence-corrected chi connectivity index (χ4v) is 2.09. The van der Waals surface area contributed by atoms with Crippen molar-refractivity contribution in [3.8, 4) is 11.5 Å². The predicted octanol–water partition coefficient (Wildman–Crippen LogP) is 4.71. The molecular weight excluding hydrogens is 359 g/mol. The number of likely N-dealkylation sites (N-methyl/N-ethyl adjacent to an activating group) is 1. The molecule has 23 heavy (non-hydrogen) atoms. The number of hydrogen-bond donors (Lipinski definition) is 1. The van der Waals surface area contributed by atoms with E-state index in [1.807, 2.05) is 14.1 Å². The molecule has 0 radical (unpaired) electrons. The summed E-state index contributed by atoms with van der Waals surface area (Å²) in [6, 6.07) is 12.0. The molecule has 0 aliphatic rings. The number of ether oxygens (including phenoxy) is 1. The first-order valence-electron chi connectivity index (χ1n) is 6.61. The molecule has 0 unspecified atom stereocenters. The lowest BCUT2D eigenvalue weighted by Crippen LogP contribution is -2.27. The van der Waals surface area contributed by atoms with Crippen molar-refractivity contribution in [3.05, 3.63) is 52.5 Å². The van der Waals surface area contributed by atoms with Gasteiger partial charge in [0.15, 0.2) is 5.75 Å². The fraction of sp³-hybridized carbons (Fsp3) is 0.188. The summed E-state index contributed by atoms with van der Waals surface area (Å²) in [5, 5.41) is 3.94. The van der Waals surface area contributed by atoms with Gasteiger partial charge in [-0.2, -0.15) is 0 Å². The Labute approximate surface area is 151 Å². The van der Waals surface area contributed by atoms with Crippen LogP contribution >= 0.6 is 35.6 Å². The van der Waals surface area contributed by atoms with E-state index in [0.29, 0.717) is 27.2 Å². The van der Waals surface area contributed by atoms with Gasteiger partial charge in [-0.1, -0.05) is 23.2 Å². The summed E-state index contributed by atoms with van der Waals surface area (Å²) >= 11 is 11.8. The van der Waals surface area contributed by atoms with Gasteiger partial charge in [0.1, 0.15) is 5.75 Å². The zero-order valence-corrected chi connectivity index (χ0v) is 15.0. The Morgan fingerprint density at radius 2 is 1.70 bits per heavy atom. The summed E-state index contributed by atoms with van der Waals surface area (Å²) < 4.78 is 5.78. The zero-order valence-electron chi connectivity index (χ0n) is 12.7. The average Bonchev–Trinajstić information content (AvgIpc) is 2.43. The molecule has 0 aliphatic heterocycles. The summed E-state index contributed by atoms with van der Waals surface area (Å²) in [4.78, 5) is 13.7. The molecule has 0 aliphatic carbocycles. The minimum absolute atomic E-state index is 0. The van der Waals surface area contributed by atoms with Crippen molar-refractivity contribution in [3.63, 3.8) is 0 Å². The molecule has 0 spiro atoms. The van der Waals surface area contributed by atoms with E-state index in [2.05, 4.69) is 5.32 Å². The highest BCUT2D eigenvalue weighted by Crippen LogP contribution is 2.32. The molecular formula is C16H17Cl3N2O2. The third kappa shape index (κ3) is 6.28. The van der Waals surface area contributed by atoms with E-state index in [0.717, 1.165) is 0 Å². The van der Waals surface area contributed by atoms with Crippen molar-refractivity contribution in [2.45, 2.75) is 0 Å². The fourth-order valence-electron chi connectivity index (χ4n) is 1.80. The minimum Gasteiger partial charge on any atom is -0.455 e. The molecule has 1 N–H and O–H groups in total. The molecule has 124 valence electrons. The molecule has 0 aromatic heterocycles. The largest absolute Gasteiger partial charge is 0.455 e. The summed E-state index contributed by atoms with van der Waals surface area (Å²) in [5.41, 5.74) is 0.523. The predicted molar refractivity (Wildman–Crippen MR) is 97.4 cm³/mol. The maximum atomic E-state index is 11.9. The van der Waals surface area contributed by atoms with E-state index in [1.54, 1.807) is 47.4 Å². The Morgan fingerprint density at radius 1 is 1.09 bits per heavy atom. The molecule has 7 heteroatoms. The molecule has 2 rings (SSSR count). The third-order valence-electron chi connectivity index (χ3n) is 2.72. The van der Waals surface area contributed by atoms with E-state index in [4.69, 9.17) is 27.9 Å². The Bertz CT molecular complexity index is 661. The van der Waals surface area contributed by atoms with E-state index in [1.165, 1.54) is 0 Å². The number of carbonyl (C=O) groups is 1. The van der Waals surface area contributed by atoms with Gasteiger partial charge in [0.05, 0.1) is 12.2 Å². The number of hydrogen-bond acceptors (Lipinski definition) is 3. The summed E-state index contributed by atoms with van der Waals surface area (Å²) in [5.74, 6) is 0.988. The average molecular weight is 376 g/mol. The Kier molecular flexibility index (Phi) is 7.65. The number of carbonyl (C=O) groups excluding carboxylic acids is 1. The van der Waals surface area contributed by atoms with E-state index in [9.17, 15) is 4.79 Å². The maximum Gasteiger partial charge on any atom is 0.238 e. The van der Waals surface area contributed by atoms with Crippen molar-refractivity contribution < 1.29 is 9.53 Å². The summed E-state index contributed by atoms with van der Waals surface area (Å²) in [7, 11) is 3.64. The lowest BCUT2D eigenvalue weighted by Gasteiger charge is -2.14. The molecule has 0 heterocycles. The molecule has 0 saturated carbocycles. The first kappa shape index (κ1) is 19.6. The van der Waals surface area contributed by atoms with Crippen molar-refractivity contribution in [1.29, 1.82) is 0 Å². The van der Waals surface area contributed by atoms with Gasteiger partial charge in [0.25, 0.3) is 0 Å². The molecule has 4 nitrogen and oxygen atoms in total. The molecule has 0 bridgehead atoms. The van der Waals surface area contributed by atoms with Gasteiger partial charge in [0.2, 0.25) is 5.91 Å². The number of rotatable bonds is 5. The highest BCUT2D eigenvalue weighted by Gasteiger charge is 2.10.